The third-order valence-corrected chi connectivity index (χ3v) is 3.10. The van der Waals surface area contributed by atoms with Crippen molar-refractivity contribution in [3.63, 3.8) is 0 Å². The Bertz CT molecular complexity index is 479. The van der Waals surface area contributed by atoms with E-state index < -0.39 is 5.92 Å². The summed E-state index contributed by atoms with van der Waals surface area (Å²) in [7, 11) is 0. The van der Waals surface area contributed by atoms with Gasteiger partial charge in [-0.05, 0) is 12.1 Å². The molecule has 0 aromatic heterocycles. The van der Waals surface area contributed by atoms with Gasteiger partial charge in [-0.25, -0.2) is 8.78 Å². The molecule has 7 heteroatoms. The molecule has 1 aromatic rings. The zero-order chi connectivity index (χ0) is 14.6. The summed E-state index contributed by atoms with van der Waals surface area (Å²) in [5.74, 6) is -2.72. The highest BCUT2D eigenvalue weighted by atomic mass is 19.3. The van der Waals surface area contributed by atoms with E-state index >= 15 is 0 Å². The van der Waals surface area contributed by atoms with E-state index in [1.165, 1.54) is 4.90 Å². The van der Waals surface area contributed by atoms with Crippen molar-refractivity contribution in [2.24, 2.45) is 0 Å². The Hall–Kier alpha value is -2.18. The smallest absolute Gasteiger partial charge is 0.251 e. The van der Waals surface area contributed by atoms with Crippen LogP contribution in [-0.4, -0.2) is 35.8 Å². The lowest BCUT2D eigenvalue weighted by Crippen LogP contribution is -2.50. The average molecular weight is 281 g/mol. The lowest BCUT2D eigenvalue weighted by molar-refractivity contribution is -0.0438. The maximum Gasteiger partial charge on any atom is 0.251 e. The van der Waals surface area contributed by atoms with Crippen LogP contribution in [0.4, 0.5) is 14.5 Å². The second kappa shape index (κ2) is 5.85. The normalized spacial score (nSPS) is 17.4. The molecule has 108 valence electrons. The fourth-order valence-corrected chi connectivity index (χ4v) is 1.95. The monoisotopic (exact) mass is 281 g/mol. The number of anilines is 1. The summed E-state index contributed by atoms with van der Waals surface area (Å²) in [6.07, 6.45) is -0.507. The summed E-state index contributed by atoms with van der Waals surface area (Å²) in [5.41, 5.74) is 0.725. The molecule has 1 saturated heterocycles. The second-order valence-corrected chi connectivity index (χ2v) is 4.68. The van der Waals surface area contributed by atoms with Gasteiger partial charge in [0.25, 0.3) is 5.92 Å². The van der Waals surface area contributed by atoms with Gasteiger partial charge in [-0.3, -0.25) is 16.1 Å². The standard InChI is InChI=1S/C13H17F2N5/c14-13(15)6-8-20(9-7-13)12(17)19-11(16)18-10-4-2-1-3-5-10/h1-5H,6-9H2,(H4,16,17,18,19). The van der Waals surface area contributed by atoms with E-state index in [1.807, 2.05) is 18.2 Å². The van der Waals surface area contributed by atoms with Crippen LogP contribution in [0.25, 0.3) is 0 Å². The molecule has 1 fully saturated rings. The number of nitrogens with one attached hydrogen (secondary N) is 4. The minimum atomic E-state index is -2.63. The average Bonchev–Trinajstić information content (AvgIpc) is 2.39. The van der Waals surface area contributed by atoms with Gasteiger partial charge in [0.05, 0.1) is 0 Å². The molecule has 0 spiro atoms. The maximum atomic E-state index is 13.0. The van der Waals surface area contributed by atoms with Crippen molar-refractivity contribution < 1.29 is 8.78 Å². The SMILES string of the molecule is N=C(NC(=N)N1CCC(F)(F)CC1)Nc1ccccc1. The molecule has 0 aliphatic carbocycles. The topological polar surface area (TPSA) is 75.0 Å². The van der Waals surface area contributed by atoms with E-state index in [1.54, 1.807) is 12.1 Å². The zero-order valence-corrected chi connectivity index (χ0v) is 10.9. The number of halogens is 2. The van der Waals surface area contributed by atoms with Crippen LogP contribution < -0.4 is 10.6 Å². The second-order valence-electron chi connectivity index (χ2n) is 4.68. The van der Waals surface area contributed by atoms with Gasteiger partial charge in [0.1, 0.15) is 0 Å². The Kier molecular flexibility index (Phi) is 4.16. The van der Waals surface area contributed by atoms with Crippen molar-refractivity contribution >= 4 is 17.6 Å². The van der Waals surface area contributed by atoms with Crippen molar-refractivity contribution in [2.75, 3.05) is 18.4 Å². The number of rotatable bonds is 1. The van der Waals surface area contributed by atoms with E-state index in [4.69, 9.17) is 10.8 Å². The van der Waals surface area contributed by atoms with Crippen molar-refractivity contribution in [3.05, 3.63) is 30.3 Å². The molecule has 2 rings (SSSR count). The number of alkyl halides is 2. The molecule has 0 bridgehead atoms. The molecule has 5 nitrogen and oxygen atoms in total. The number of hydrogen-bond donors (Lipinski definition) is 4. The van der Waals surface area contributed by atoms with Crippen LogP contribution in [0.3, 0.4) is 0 Å². The predicted octanol–water partition coefficient (Wildman–Crippen LogP) is 2.29. The van der Waals surface area contributed by atoms with Gasteiger partial charge in [0.2, 0.25) is 0 Å². The molecule has 0 unspecified atom stereocenters. The molecule has 0 amide bonds. The van der Waals surface area contributed by atoms with E-state index in [9.17, 15) is 8.78 Å². The molecule has 0 radical (unpaired) electrons. The summed E-state index contributed by atoms with van der Waals surface area (Å²) in [4.78, 5) is 1.51. The van der Waals surface area contributed by atoms with E-state index in [0.717, 1.165) is 5.69 Å². The summed E-state index contributed by atoms with van der Waals surface area (Å²) < 4.78 is 26.0. The maximum absolute atomic E-state index is 13.0. The zero-order valence-electron chi connectivity index (χ0n) is 10.9. The first-order valence-electron chi connectivity index (χ1n) is 6.35. The molecular formula is C13H17F2N5. The number of piperidine rings is 1. The Morgan fingerprint density at radius 1 is 1.10 bits per heavy atom. The van der Waals surface area contributed by atoms with Gasteiger partial charge in [-0.2, -0.15) is 0 Å². The molecule has 4 N–H and O–H groups in total. The minimum absolute atomic E-state index is 0.0334. The number of guanidine groups is 2. The van der Waals surface area contributed by atoms with Gasteiger partial charge in [-0.15, -0.1) is 0 Å². The number of nitrogens with zero attached hydrogens (tertiary/aromatic N) is 1. The highest BCUT2D eigenvalue weighted by Crippen LogP contribution is 2.27. The molecule has 1 heterocycles. The summed E-state index contributed by atoms with van der Waals surface area (Å²) in [6.45, 7) is 0.245. The Balaban J connectivity index is 1.81. The van der Waals surface area contributed by atoms with Crippen LogP contribution >= 0.6 is 0 Å². The van der Waals surface area contributed by atoms with Crippen molar-refractivity contribution in [1.29, 1.82) is 10.8 Å². The molecule has 20 heavy (non-hydrogen) atoms. The number of para-hydroxylation sites is 1. The largest absolute Gasteiger partial charge is 0.342 e. The lowest BCUT2D eigenvalue weighted by atomic mass is 10.1. The van der Waals surface area contributed by atoms with E-state index in [0.29, 0.717) is 0 Å². The van der Waals surface area contributed by atoms with Gasteiger partial charge in [0, 0.05) is 31.6 Å². The van der Waals surface area contributed by atoms with Crippen molar-refractivity contribution in [3.8, 4) is 0 Å². The van der Waals surface area contributed by atoms with Crippen LogP contribution in [0.1, 0.15) is 12.8 Å². The quantitative estimate of drug-likeness (QED) is 0.471. The van der Waals surface area contributed by atoms with E-state index in [-0.39, 0.29) is 37.9 Å². The lowest BCUT2D eigenvalue weighted by Gasteiger charge is -2.33. The first-order chi connectivity index (χ1) is 9.46. The fourth-order valence-electron chi connectivity index (χ4n) is 1.95. The summed E-state index contributed by atoms with van der Waals surface area (Å²) in [6, 6.07) is 9.10. The number of benzene rings is 1. The predicted molar refractivity (Wildman–Crippen MR) is 74.4 cm³/mol. The van der Waals surface area contributed by atoms with Crippen LogP contribution in [-0.2, 0) is 0 Å². The highest BCUT2D eigenvalue weighted by molar-refractivity contribution is 6.02. The first kappa shape index (κ1) is 14.2. The third kappa shape index (κ3) is 3.91. The van der Waals surface area contributed by atoms with Crippen LogP contribution in [0.15, 0.2) is 30.3 Å². The highest BCUT2D eigenvalue weighted by Gasteiger charge is 2.34. The fraction of sp³-hybridized carbons (Fsp3) is 0.385. The van der Waals surface area contributed by atoms with Crippen molar-refractivity contribution in [1.82, 2.24) is 10.2 Å². The van der Waals surface area contributed by atoms with Crippen LogP contribution in [0.2, 0.25) is 0 Å². The Labute approximate surface area is 116 Å². The van der Waals surface area contributed by atoms with Crippen molar-refractivity contribution in [2.45, 2.75) is 18.8 Å². The molecule has 0 saturated carbocycles. The minimum Gasteiger partial charge on any atom is -0.342 e. The molecule has 0 atom stereocenters. The molecular weight excluding hydrogens is 264 g/mol. The van der Waals surface area contributed by atoms with Gasteiger partial charge in [0.15, 0.2) is 11.9 Å². The summed E-state index contributed by atoms with van der Waals surface area (Å²) >= 11 is 0. The van der Waals surface area contributed by atoms with Gasteiger partial charge < -0.3 is 10.2 Å². The molecule has 1 aliphatic rings. The Morgan fingerprint density at radius 2 is 1.70 bits per heavy atom. The van der Waals surface area contributed by atoms with Gasteiger partial charge >= 0.3 is 0 Å². The molecule has 1 aromatic carbocycles. The number of hydrogen-bond acceptors (Lipinski definition) is 2. The summed E-state index contributed by atoms with van der Waals surface area (Å²) in [5, 5.41) is 20.9. The first-order valence-corrected chi connectivity index (χ1v) is 6.35. The third-order valence-electron chi connectivity index (χ3n) is 3.10. The van der Waals surface area contributed by atoms with Crippen LogP contribution in [0.5, 0.6) is 0 Å². The van der Waals surface area contributed by atoms with Crippen LogP contribution in [0, 0.1) is 10.8 Å². The Morgan fingerprint density at radius 3 is 2.30 bits per heavy atom. The molecule has 1 aliphatic heterocycles. The van der Waals surface area contributed by atoms with E-state index in [2.05, 4.69) is 10.6 Å². The van der Waals surface area contributed by atoms with Gasteiger partial charge in [-0.1, -0.05) is 18.2 Å². The number of likely N-dealkylation sites (tertiary alicyclic amines) is 1.